The van der Waals surface area contributed by atoms with Crippen molar-refractivity contribution < 1.29 is 4.74 Å². The Labute approximate surface area is 101 Å². The second kappa shape index (κ2) is 5.48. The van der Waals surface area contributed by atoms with Gasteiger partial charge in [0.25, 0.3) is 0 Å². The molecule has 0 spiro atoms. The topological polar surface area (TPSA) is 24.5 Å². The lowest BCUT2D eigenvalue weighted by atomic mass is 9.84. The van der Waals surface area contributed by atoms with Gasteiger partial charge in [-0.1, -0.05) is 13.8 Å². The summed E-state index contributed by atoms with van der Waals surface area (Å²) in [6.07, 6.45) is 2.41. The molecule has 0 saturated carbocycles. The minimum atomic E-state index is 0.224. The van der Waals surface area contributed by atoms with Crippen LogP contribution in [-0.2, 0) is 4.74 Å². The predicted octanol–water partition coefficient (Wildman–Crippen LogP) is 1.88. The Morgan fingerprint density at radius 2 is 1.88 bits per heavy atom. The number of rotatable bonds is 5. The molecule has 0 aromatic rings. The van der Waals surface area contributed by atoms with Crippen LogP contribution >= 0.6 is 0 Å². The molecule has 96 valence electrons. The molecule has 16 heavy (non-hydrogen) atoms. The second-order valence-corrected chi connectivity index (χ2v) is 5.58. The Balaban J connectivity index is 2.74. The van der Waals surface area contributed by atoms with Gasteiger partial charge in [0.05, 0.1) is 6.61 Å². The van der Waals surface area contributed by atoms with Gasteiger partial charge in [0.2, 0.25) is 0 Å². The summed E-state index contributed by atoms with van der Waals surface area (Å²) in [6.45, 7) is 13.2. The van der Waals surface area contributed by atoms with E-state index in [-0.39, 0.29) is 5.54 Å². The van der Waals surface area contributed by atoms with E-state index >= 15 is 0 Å². The molecule has 1 N–H and O–H groups in total. The molecule has 1 aliphatic rings. The van der Waals surface area contributed by atoms with Crippen molar-refractivity contribution in [1.29, 1.82) is 0 Å². The van der Waals surface area contributed by atoms with Crippen LogP contribution in [0.4, 0.5) is 0 Å². The summed E-state index contributed by atoms with van der Waals surface area (Å²) >= 11 is 0. The lowest BCUT2D eigenvalue weighted by Gasteiger charge is -2.52. The summed E-state index contributed by atoms with van der Waals surface area (Å²) in [5.74, 6) is 0. The highest BCUT2D eigenvalue weighted by Gasteiger charge is 2.41. The van der Waals surface area contributed by atoms with E-state index in [2.05, 4.69) is 37.9 Å². The van der Waals surface area contributed by atoms with Crippen molar-refractivity contribution in [3.05, 3.63) is 0 Å². The number of ether oxygens (including phenoxy) is 1. The third kappa shape index (κ3) is 2.96. The standard InChI is InChI=1S/C13H28N2O/c1-6-13(7-2)10-14-12(3,4)11-15(13)8-9-16-5/h14H,6-11H2,1-5H3. The van der Waals surface area contributed by atoms with Gasteiger partial charge in [0, 0.05) is 37.8 Å². The molecule has 0 amide bonds. The second-order valence-electron chi connectivity index (χ2n) is 5.58. The van der Waals surface area contributed by atoms with Gasteiger partial charge in [-0.05, 0) is 26.7 Å². The van der Waals surface area contributed by atoms with Crippen LogP contribution in [0.1, 0.15) is 40.5 Å². The molecule has 0 aromatic carbocycles. The third-order valence-corrected chi connectivity index (χ3v) is 4.03. The minimum Gasteiger partial charge on any atom is -0.383 e. The molecule has 1 aliphatic heterocycles. The van der Waals surface area contributed by atoms with Crippen molar-refractivity contribution in [1.82, 2.24) is 10.2 Å². The largest absolute Gasteiger partial charge is 0.383 e. The number of nitrogens with zero attached hydrogens (tertiary/aromatic N) is 1. The first kappa shape index (κ1) is 13.9. The SMILES string of the molecule is CCC1(CC)CNC(C)(C)CN1CCOC. The average Bonchev–Trinajstić information content (AvgIpc) is 2.26. The molecule has 0 bridgehead atoms. The van der Waals surface area contributed by atoms with Crippen LogP contribution in [0.25, 0.3) is 0 Å². The van der Waals surface area contributed by atoms with E-state index in [0.717, 1.165) is 26.2 Å². The summed E-state index contributed by atoms with van der Waals surface area (Å²) < 4.78 is 5.23. The molecule has 0 radical (unpaired) electrons. The van der Waals surface area contributed by atoms with Gasteiger partial charge >= 0.3 is 0 Å². The van der Waals surface area contributed by atoms with Crippen molar-refractivity contribution in [2.45, 2.75) is 51.6 Å². The van der Waals surface area contributed by atoms with Gasteiger partial charge in [0.15, 0.2) is 0 Å². The van der Waals surface area contributed by atoms with Gasteiger partial charge in [0.1, 0.15) is 0 Å². The molecule has 0 aliphatic carbocycles. The quantitative estimate of drug-likeness (QED) is 0.777. The van der Waals surface area contributed by atoms with E-state index in [0.29, 0.717) is 5.54 Å². The van der Waals surface area contributed by atoms with Gasteiger partial charge in [-0.2, -0.15) is 0 Å². The Morgan fingerprint density at radius 1 is 1.25 bits per heavy atom. The van der Waals surface area contributed by atoms with Crippen LogP contribution in [0.2, 0.25) is 0 Å². The lowest BCUT2D eigenvalue weighted by Crippen LogP contribution is -2.68. The van der Waals surface area contributed by atoms with Crippen LogP contribution in [0.5, 0.6) is 0 Å². The molecule has 0 aromatic heterocycles. The molecule has 0 atom stereocenters. The summed E-state index contributed by atoms with van der Waals surface area (Å²) in [5, 5.41) is 3.68. The van der Waals surface area contributed by atoms with Gasteiger partial charge in [-0.15, -0.1) is 0 Å². The third-order valence-electron chi connectivity index (χ3n) is 4.03. The van der Waals surface area contributed by atoms with E-state index < -0.39 is 0 Å². The minimum absolute atomic E-state index is 0.224. The fraction of sp³-hybridized carbons (Fsp3) is 1.00. The van der Waals surface area contributed by atoms with Crippen LogP contribution in [0.15, 0.2) is 0 Å². The summed E-state index contributed by atoms with van der Waals surface area (Å²) in [5.41, 5.74) is 0.551. The Hall–Kier alpha value is -0.120. The molecule has 1 saturated heterocycles. The van der Waals surface area contributed by atoms with Crippen LogP contribution in [0.3, 0.4) is 0 Å². The van der Waals surface area contributed by atoms with Gasteiger partial charge < -0.3 is 10.1 Å². The van der Waals surface area contributed by atoms with E-state index in [1.807, 2.05) is 0 Å². The molecular formula is C13H28N2O. The number of hydrogen-bond acceptors (Lipinski definition) is 3. The van der Waals surface area contributed by atoms with Crippen LogP contribution in [0, 0.1) is 0 Å². The maximum Gasteiger partial charge on any atom is 0.0589 e. The van der Waals surface area contributed by atoms with Crippen molar-refractivity contribution in [2.75, 3.05) is 33.4 Å². The van der Waals surface area contributed by atoms with Crippen LogP contribution < -0.4 is 5.32 Å². The Morgan fingerprint density at radius 3 is 2.38 bits per heavy atom. The lowest BCUT2D eigenvalue weighted by molar-refractivity contribution is -0.00653. The fourth-order valence-electron chi connectivity index (χ4n) is 2.68. The first-order chi connectivity index (χ1) is 7.49. The summed E-state index contributed by atoms with van der Waals surface area (Å²) in [7, 11) is 1.78. The predicted molar refractivity (Wildman–Crippen MR) is 68.8 cm³/mol. The molecule has 3 nitrogen and oxygen atoms in total. The van der Waals surface area contributed by atoms with E-state index in [4.69, 9.17) is 4.74 Å². The molecule has 1 heterocycles. The van der Waals surface area contributed by atoms with Crippen LogP contribution in [-0.4, -0.2) is 49.3 Å². The monoisotopic (exact) mass is 228 g/mol. The van der Waals surface area contributed by atoms with E-state index in [1.54, 1.807) is 7.11 Å². The molecule has 1 rings (SSSR count). The van der Waals surface area contributed by atoms with Crippen molar-refractivity contribution in [3.8, 4) is 0 Å². The highest BCUT2D eigenvalue weighted by Crippen LogP contribution is 2.29. The zero-order chi connectivity index (χ0) is 12.2. The highest BCUT2D eigenvalue weighted by molar-refractivity contribution is 5.00. The number of nitrogens with one attached hydrogen (secondary N) is 1. The average molecular weight is 228 g/mol. The number of piperazine rings is 1. The van der Waals surface area contributed by atoms with Gasteiger partial charge in [-0.25, -0.2) is 0 Å². The maximum atomic E-state index is 5.23. The normalized spacial score (nSPS) is 24.6. The zero-order valence-corrected chi connectivity index (χ0v) is 11.6. The first-order valence-electron chi connectivity index (χ1n) is 6.48. The fourth-order valence-corrected chi connectivity index (χ4v) is 2.68. The molecule has 1 fully saturated rings. The molecular weight excluding hydrogens is 200 g/mol. The number of methoxy groups -OCH3 is 1. The van der Waals surface area contributed by atoms with Crippen molar-refractivity contribution in [2.24, 2.45) is 0 Å². The zero-order valence-electron chi connectivity index (χ0n) is 11.6. The maximum absolute atomic E-state index is 5.23. The first-order valence-corrected chi connectivity index (χ1v) is 6.48. The smallest absolute Gasteiger partial charge is 0.0589 e. The Kier molecular flexibility index (Phi) is 4.77. The summed E-state index contributed by atoms with van der Waals surface area (Å²) in [4.78, 5) is 2.62. The highest BCUT2D eigenvalue weighted by atomic mass is 16.5. The van der Waals surface area contributed by atoms with Crippen molar-refractivity contribution in [3.63, 3.8) is 0 Å². The van der Waals surface area contributed by atoms with E-state index in [9.17, 15) is 0 Å². The summed E-state index contributed by atoms with van der Waals surface area (Å²) in [6, 6.07) is 0. The Bertz CT molecular complexity index is 212. The molecule has 3 heteroatoms. The number of hydrogen-bond donors (Lipinski definition) is 1. The van der Waals surface area contributed by atoms with Crippen molar-refractivity contribution >= 4 is 0 Å². The van der Waals surface area contributed by atoms with Gasteiger partial charge in [-0.3, -0.25) is 4.90 Å². The molecule has 0 unspecified atom stereocenters. The van der Waals surface area contributed by atoms with E-state index in [1.165, 1.54) is 12.8 Å².